The minimum Gasteiger partial charge on any atom is -0.497 e. The molecule has 1 N–H and O–H groups in total. The van der Waals surface area contributed by atoms with Crippen molar-refractivity contribution in [3.63, 3.8) is 0 Å². The largest absolute Gasteiger partial charge is 0.497 e. The average Bonchev–Trinajstić information content (AvgIpc) is 3.05. The molecule has 0 aliphatic carbocycles. The van der Waals surface area contributed by atoms with Gasteiger partial charge in [-0.1, -0.05) is 67.9 Å². The molecule has 1 heterocycles. The summed E-state index contributed by atoms with van der Waals surface area (Å²) >= 11 is 6.30. The van der Waals surface area contributed by atoms with E-state index in [1.54, 1.807) is 37.4 Å². The van der Waals surface area contributed by atoms with Crippen molar-refractivity contribution in [1.29, 1.82) is 0 Å². The lowest BCUT2D eigenvalue weighted by Crippen LogP contribution is -2.32. The summed E-state index contributed by atoms with van der Waals surface area (Å²) in [6.07, 6.45) is 0. The second-order valence-electron chi connectivity index (χ2n) is 8.17. The highest BCUT2D eigenvalue weighted by Crippen LogP contribution is 2.33. The maximum absolute atomic E-state index is 13.5. The second kappa shape index (κ2) is 9.51. The molecule has 0 spiro atoms. The number of methoxy groups -OCH3 is 1. The van der Waals surface area contributed by atoms with Gasteiger partial charge >= 0.3 is 0 Å². The number of anilines is 1. The molecule has 0 unspecified atom stereocenters. The molecular weight excluding hydrogens is 436 g/mol. The molecule has 33 heavy (non-hydrogen) atoms. The number of hydrogen-bond donors (Lipinski definition) is 1. The Bertz CT molecular complexity index is 1210. The molecule has 3 aromatic rings. The summed E-state index contributed by atoms with van der Waals surface area (Å²) < 4.78 is 5.24. The number of amides is 2. The van der Waals surface area contributed by atoms with Crippen molar-refractivity contribution in [2.45, 2.75) is 26.3 Å². The molecule has 0 radical (unpaired) electrons. The summed E-state index contributed by atoms with van der Waals surface area (Å²) in [7, 11) is 1.58. The molecule has 6 heteroatoms. The molecule has 168 valence electrons. The van der Waals surface area contributed by atoms with Crippen LogP contribution in [0.4, 0.5) is 5.69 Å². The number of carbonyl (C=O) groups is 2. The van der Waals surface area contributed by atoms with Crippen LogP contribution in [0.25, 0.3) is 5.57 Å². The molecule has 0 saturated carbocycles. The lowest BCUT2D eigenvalue weighted by atomic mass is 10.0. The summed E-state index contributed by atoms with van der Waals surface area (Å²) in [6.45, 7) is 4.34. The third-order valence-corrected chi connectivity index (χ3v) is 6.05. The molecule has 2 amide bonds. The molecule has 3 aromatic carbocycles. The number of nitrogens with one attached hydrogen (secondary N) is 1. The summed E-state index contributed by atoms with van der Waals surface area (Å²) in [5.74, 6) is 0.307. The number of ether oxygens (including phenoxy) is 1. The summed E-state index contributed by atoms with van der Waals surface area (Å²) in [4.78, 5) is 28.1. The van der Waals surface area contributed by atoms with Crippen molar-refractivity contribution in [3.8, 4) is 5.75 Å². The Hall–Kier alpha value is -3.57. The molecule has 0 bridgehead atoms. The van der Waals surface area contributed by atoms with Gasteiger partial charge in [-0.25, -0.2) is 0 Å². The fourth-order valence-electron chi connectivity index (χ4n) is 3.75. The first-order chi connectivity index (χ1) is 15.9. The van der Waals surface area contributed by atoms with Crippen LogP contribution in [0, 0.1) is 0 Å². The van der Waals surface area contributed by atoms with Gasteiger partial charge in [0.1, 0.15) is 11.4 Å². The van der Waals surface area contributed by atoms with E-state index in [4.69, 9.17) is 16.3 Å². The van der Waals surface area contributed by atoms with Crippen molar-refractivity contribution >= 4 is 34.7 Å². The van der Waals surface area contributed by atoms with E-state index in [0.717, 1.165) is 5.69 Å². The van der Waals surface area contributed by atoms with Crippen molar-refractivity contribution < 1.29 is 14.3 Å². The fraction of sp³-hybridized carbons (Fsp3) is 0.185. The van der Waals surface area contributed by atoms with Crippen molar-refractivity contribution in [1.82, 2.24) is 4.90 Å². The van der Waals surface area contributed by atoms with Crippen LogP contribution < -0.4 is 10.1 Å². The summed E-state index contributed by atoms with van der Waals surface area (Å²) in [5.41, 5.74) is 3.84. The van der Waals surface area contributed by atoms with Gasteiger partial charge in [0.25, 0.3) is 11.8 Å². The lowest BCUT2D eigenvalue weighted by Gasteiger charge is -2.16. The summed E-state index contributed by atoms with van der Waals surface area (Å²) in [5, 5.41) is 3.71. The smallest absolute Gasteiger partial charge is 0.278 e. The predicted octanol–water partition coefficient (Wildman–Crippen LogP) is 5.86. The normalized spacial score (nSPS) is 13.8. The molecule has 0 fully saturated rings. The highest BCUT2D eigenvalue weighted by molar-refractivity contribution is 6.36. The van der Waals surface area contributed by atoms with Gasteiger partial charge in [0.2, 0.25) is 0 Å². The van der Waals surface area contributed by atoms with Gasteiger partial charge < -0.3 is 10.1 Å². The van der Waals surface area contributed by atoms with Gasteiger partial charge in [0.05, 0.1) is 19.2 Å². The Labute approximate surface area is 198 Å². The third-order valence-electron chi connectivity index (χ3n) is 5.68. The number of benzene rings is 3. The lowest BCUT2D eigenvalue weighted by molar-refractivity contribution is -0.137. The fourth-order valence-corrected chi connectivity index (χ4v) is 3.95. The van der Waals surface area contributed by atoms with E-state index in [2.05, 4.69) is 19.2 Å². The van der Waals surface area contributed by atoms with Crippen LogP contribution >= 0.6 is 11.6 Å². The number of nitrogens with zero attached hydrogens (tertiary/aromatic N) is 1. The number of carbonyl (C=O) groups excluding carboxylic acids is 2. The standard InChI is InChI=1S/C27H25ClN2O3/c1-17(2)18-8-12-21(13-9-18)29-25-24(19-10-14-22(33-3)15-11-19)26(31)30(27(25)32)16-20-6-4-5-7-23(20)28/h4-15,17,29H,16H2,1-3H3. The molecule has 0 atom stereocenters. The van der Waals surface area contributed by atoms with Crippen LogP contribution in [-0.2, 0) is 16.1 Å². The molecule has 1 aliphatic rings. The van der Waals surface area contributed by atoms with Crippen LogP contribution in [0.3, 0.4) is 0 Å². The number of hydrogen-bond acceptors (Lipinski definition) is 4. The highest BCUT2D eigenvalue weighted by atomic mass is 35.5. The zero-order valence-corrected chi connectivity index (χ0v) is 19.5. The van der Waals surface area contributed by atoms with Gasteiger partial charge in [-0.15, -0.1) is 0 Å². The minimum atomic E-state index is -0.390. The SMILES string of the molecule is COc1ccc(C2=C(Nc3ccc(C(C)C)cc3)C(=O)N(Cc3ccccc3Cl)C2=O)cc1. The zero-order valence-electron chi connectivity index (χ0n) is 18.8. The number of rotatable bonds is 7. The molecule has 1 aliphatic heterocycles. The first kappa shape index (κ1) is 22.6. The highest BCUT2D eigenvalue weighted by Gasteiger charge is 2.39. The van der Waals surface area contributed by atoms with Gasteiger partial charge in [0, 0.05) is 10.7 Å². The van der Waals surface area contributed by atoms with Crippen molar-refractivity contribution in [2.24, 2.45) is 0 Å². The number of halogens is 1. The van der Waals surface area contributed by atoms with Gasteiger partial charge in [0.15, 0.2) is 0 Å². The average molecular weight is 461 g/mol. The van der Waals surface area contributed by atoms with Crippen LogP contribution in [0.2, 0.25) is 5.02 Å². The van der Waals surface area contributed by atoms with E-state index < -0.39 is 5.91 Å². The van der Waals surface area contributed by atoms with Crippen LogP contribution in [-0.4, -0.2) is 23.8 Å². The molecule has 0 saturated heterocycles. The van der Waals surface area contributed by atoms with Gasteiger partial charge in [-0.3, -0.25) is 14.5 Å². The Morgan fingerprint density at radius 3 is 2.18 bits per heavy atom. The maximum Gasteiger partial charge on any atom is 0.278 e. The van der Waals surface area contributed by atoms with Crippen LogP contribution in [0.5, 0.6) is 5.75 Å². The van der Waals surface area contributed by atoms with E-state index in [-0.39, 0.29) is 18.1 Å². The first-order valence-corrected chi connectivity index (χ1v) is 11.1. The monoisotopic (exact) mass is 460 g/mol. The second-order valence-corrected chi connectivity index (χ2v) is 8.58. The third kappa shape index (κ3) is 4.64. The molecule has 5 nitrogen and oxygen atoms in total. The van der Waals surface area contributed by atoms with Gasteiger partial charge in [-0.05, 0) is 52.9 Å². The quantitative estimate of drug-likeness (QED) is 0.448. The molecule has 4 rings (SSSR count). The first-order valence-electron chi connectivity index (χ1n) is 10.7. The maximum atomic E-state index is 13.5. The zero-order chi connectivity index (χ0) is 23.5. The predicted molar refractivity (Wildman–Crippen MR) is 131 cm³/mol. The topological polar surface area (TPSA) is 58.6 Å². The Balaban J connectivity index is 1.72. The van der Waals surface area contributed by atoms with E-state index in [1.165, 1.54) is 10.5 Å². The van der Waals surface area contributed by atoms with E-state index in [9.17, 15) is 9.59 Å². The molecular formula is C27H25ClN2O3. The van der Waals surface area contributed by atoms with Gasteiger partial charge in [-0.2, -0.15) is 0 Å². The van der Waals surface area contributed by atoms with Crippen molar-refractivity contribution in [2.75, 3.05) is 12.4 Å². The Morgan fingerprint density at radius 2 is 1.58 bits per heavy atom. The molecule has 0 aromatic heterocycles. The Morgan fingerprint density at radius 1 is 0.909 bits per heavy atom. The van der Waals surface area contributed by atoms with E-state index in [0.29, 0.717) is 33.4 Å². The number of imide groups is 1. The van der Waals surface area contributed by atoms with Crippen molar-refractivity contribution in [3.05, 3.63) is 100 Å². The Kier molecular flexibility index (Phi) is 6.52. The summed E-state index contributed by atoms with van der Waals surface area (Å²) in [6, 6.07) is 22.2. The van der Waals surface area contributed by atoms with Crippen LogP contribution in [0.15, 0.2) is 78.5 Å². The minimum absolute atomic E-state index is 0.0917. The van der Waals surface area contributed by atoms with Crippen LogP contribution in [0.1, 0.15) is 36.5 Å². The van der Waals surface area contributed by atoms with E-state index >= 15 is 0 Å². The van der Waals surface area contributed by atoms with E-state index in [1.807, 2.05) is 42.5 Å².